The molecule has 0 unspecified atom stereocenters. The van der Waals surface area contributed by atoms with Gasteiger partial charge in [0.1, 0.15) is 0 Å². The molecule has 0 aliphatic carbocycles. The SMILES string of the molecule is Cc1[c]cc(Br)cc1Br. The molecule has 0 bridgehead atoms. The van der Waals surface area contributed by atoms with Crippen molar-refractivity contribution in [2.24, 2.45) is 0 Å². The Bertz CT molecular complexity index is 218. The molecule has 0 spiro atoms. The summed E-state index contributed by atoms with van der Waals surface area (Å²) in [7, 11) is 0. The lowest BCUT2D eigenvalue weighted by molar-refractivity contribution is 1.40. The first kappa shape index (κ1) is 7.29. The second-order valence-electron chi connectivity index (χ2n) is 1.79. The van der Waals surface area contributed by atoms with Crippen molar-refractivity contribution in [1.29, 1.82) is 0 Å². The van der Waals surface area contributed by atoms with E-state index in [4.69, 9.17) is 0 Å². The molecule has 1 aromatic rings. The van der Waals surface area contributed by atoms with Gasteiger partial charge in [-0.3, -0.25) is 0 Å². The quantitative estimate of drug-likeness (QED) is 0.661. The normalized spacial score (nSPS) is 9.67. The molecule has 1 rings (SSSR count). The van der Waals surface area contributed by atoms with E-state index in [1.807, 2.05) is 19.1 Å². The second kappa shape index (κ2) is 2.84. The molecule has 0 atom stereocenters. The van der Waals surface area contributed by atoms with Crippen LogP contribution in [0.4, 0.5) is 0 Å². The van der Waals surface area contributed by atoms with Crippen LogP contribution in [0.15, 0.2) is 21.1 Å². The topological polar surface area (TPSA) is 0 Å². The minimum atomic E-state index is 1.06. The van der Waals surface area contributed by atoms with Gasteiger partial charge >= 0.3 is 0 Å². The van der Waals surface area contributed by atoms with Crippen LogP contribution >= 0.6 is 31.9 Å². The molecule has 0 N–H and O–H groups in total. The molecule has 0 saturated heterocycles. The van der Waals surface area contributed by atoms with Crippen LogP contribution in [0, 0.1) is 13.0 Å². The van der Waals surface area contributed by atoms with Crippen LogP contribution in [0.2, 0.25) is 0 Å². The summed E-state index contributed by atoms with van der Waals surface area (Å²) in [5.41, 5.74) is 1.14. The first-order valence-corrected chi connectivity index (χ1v) is 4.12. The fourth-order valence-electron chi connectivity index (χ4n) is 0.517. The van der Waals surface area contributed by atoms with Gasteiger partial charge in [-0.1, -0.05) is 31.9 Å². The third kappa shape index (κ3) is 1.80. The van der Waals surface area contributed by atoms with Crippen molar-refractivity contribution in [2.75, 3.05) is 0 Å². The van der Waals surface area contributed by atoms with Gasteiger partial charge in [-0.05, 0) is 30.7 Å². The van der Waals surface area contributed by atoms with Gasteiger partial charge in [0.25, 0.3) is 0 Å². The summed E-state index contributed by atoms with van der Waals surface area (Å²) in [6, 6.07) is 6.98. The second-order valence-corrected chi connectivity index (χ2v) is 3.56. The zero-order chi connectivity index (χ0) is 6.85. The molecule has 0 heterocycles. The predicted octanol–water partition coefficient (Wildman–Crippen LogP) is 3.32. The molecule has 47 valence electrons. The van der Waals surface area contributed by atoms with Gasteiger partial charge in [-0.25, -0.2) is 0 Å². The number of rotatable bonds is 0. The van der Waals surface area contributed by atoms with Crippen molar-refractivity contribution >= 4 is 31.9 Å². The third-order valence-corrected chi connectivity index (χ3v) is 2.33. The summed E-state index contributed by atoms with van der Waals surface area (Å²) in [4.78, 5) is 0. The van der Waals surface area contributed by atoms with Crippen LogP contribution in [-0.4, -0.2) is 0 Å². The van der Waals surface area contributed by atoms with Crippen molar-refractivity contribution in [3.63, 3.8) is 0 Å². The first-order chi connectivity index (χ1) is 4.20. The van der Waals surface area contributed by atoms with Gasteiger partial charge in [0.05, 0.1) is 0 Å². The molecular formula is C7H5Br2. The summed E-state index contributed by atoms with van der Waals surface area (Å²) in [5, 5.41) is 0. The van der Waals surface area contributed by atoms with Crippen molar-refractivity contribution in [1.82, 2.24) is 0 Å². The smallest absolute Gasteiger partial charge is 0.0221 e. The first-order valence-electron chi connectivity index (χ1n) is 2.53. The van der Waals surface area contributed by atoms with Crippen LogP contribution in [0.1, 0.15) is 5.56 Å². The molecule has 9 heavy (non-hydrogen) atoms. The highest BCUT2D eigenvalue weighted by Crippen LogP contribution is 2.19. The fourth-order valence-corrected chi connectivity index (χ4v) is 1.53. The zero-order valence-corrected chi connectivity index (χ0v) is 8.08. The summed E-state index contributed by atoms with van der Waals surface area (Å²) >= 11 is 6.72. The van der Waals surface area contributed by atoms with E-state index in [0.717, 1.165) is 14.5 Å². The minimum Gasteiger partial charge on any atom is -0.0508 e. The van der Waals surface area contributed by atoms with Crippen molar-refractivity contribution in [3.05, 3.63) is 32.7 Å². The van der Waals surface area contributed by atoms with Crippen LogP contribution < -0.4 is 0 Å². The summed E-state index contributed by atoms with van der Waals surface area (Å²) in [6.45, 7) is 2.01. The maximum atomic E-state index is 3.38. The number of halogens is 2. The number of aryl methyl sites for hydroxylation is 1. The molecule has 0 nitrogen and oxygen atoms in total. The third-order valence-electron chi connectivity index (χ3n) is 1.05. The molecule has 0 saturated carbocycles. The largest absolute Gasteiger partial charge is 0.0508 e. The van der Waals surface area contributed by atoms with E-state index < -0.39 is 0 Å². The highest BCUT2D eigenvalue weighted by Gasteiger charge is 1.92. The Kier molecular flexibility index (Phi) is 2.30. The van der Waals surface area contributed by atoms with Crippen molar-refractivity contribution in [2.45, 2.75) is 6.92 Å². The van der Waals surface area contributed by atoms with Crippen LogP contribution in [0.3, 0.4) is 0 Å². The van der Waals surface area contributed by atoms with Gasteiger partial charge < -0.3 is 0 Å². The Morgan fingerprint density at radius 1 is 1.44 bits per heavy atom. The Balaban J connectivity index is 3.17. The average molecular weight is 249 g/mol. The average Bonchev–Trinajstić information content (AvgIpc) is 1.80. The molecule has 0 amide bonds. The van der Waals surface area contributed by atoms with Gasteiger partial charge in [-0.15, -0.1) is 0 Å². The molecule has 0 aliphatic rings. The number of benzene rings is 1. The van der Waals surface area contributed by atoms with E-state index >= 15 is 0 Å². The molecule has 1 radical (unpaired) electrons. The van der Waals surface area contributed by atoms with Gasteiger partial charge in [0.2, 0.25) is 0 Å². The fraction of sp³-hybridized carbons (Fsp3) is 0.143. The van der Waals surface area contributed by atoms with Crippen LogP contribution in [-0.2, 0) is 0 Å². The van der Waals surface area contributed by atoms with E-state index in [2.05, 4.69) is 37.9 Å². The molecule has 1 aromatic carbocycles. The van der Waals surface area contributed by atoms with Gasteiger partial charge in [0, 0.05) is 8.95 Å². The summed E-state index contributed by atoms with van der Waals surface area (Å²) in [5.74, 6) is 0. The van der Waals surface area contributed by atoms with Crippen LogP contribution in [0.5, 0.6) is 0 Å². The van der Waals surface area contributed by atoms with Crippen LogP contribution in [0.25, 0.3) is 0 Å². The molecule has 0 aromatic heterocycles. The highest BCUT2D eigenvalue weighted by molar-refractivity contribution is 9.11. The van der Waals surface area contributed by atoms with E-state index in [-0.39, 0.29) is 0 Å². The maximum absolute atomic E-state index is 3.38. The monoisotopic (exact) mass is 247 g/mol. The predicted molar refractivity (Wildman–Crippen MR) is 45.4 cm³/mol. The van der Waals surface area contributed by atoms with Crippen molar-refractivity contribution < 1.29 is 0 Å². The standard InChI is InChI=1S/C7H5Br2/c1-5-2-3-6(8)4-7(5)9/h3-4H,1H3. The van der Waals surface area contributed by atoms with E-state index in [1.165, 1.54) is 0 Å². The van der Waals surface area contributed by atoms with Gasteiger partial charge in [0.15, 0.2) is 0 Å². The molecule has 0 aliphatic heterocycles. The van der Waals surface area contributed by atoms with E-state index in [9.17, 15) is 0 Å². The molecule has 2 heteroatoms. The van der Waals surface area contributed by atoms with E-state index in [1.54, 1.807) is 0 Å². The Hall–Kier alpha value is 0.180. The lowest BCUT2D eigenvalue weighted by Crippen LogP contribution is -1.73. The minimum absolute atomic E-state index is 1.06. The van der Waals surface area contributed by atoms with Gasteiger partial charge in [-0.2, -0.15) is 0 Å². The number of hydrogen-bond donors (Lipinski definition) is 0. The maximum Gasteiger partial charge on any atom is 0.0221 e. The number of hydrogen-bond acceptors (Lipinski definition) is 0. The zero-order valence-electron chi connectivity index (χ0n) is 4.91. The highest BCUT2D eigenvalue weighted by atomic mass is 79.9. The Morgan fingerprint density at radius 3 is 2.56 bits per heavy atom. The lowest BCUT2D eigenvalue weighted by atomic mass is 10.2. The van der Waals surface area contributed by atoms with Crippen molar-refractivity contribution in [3.8, 4) is 0 Å². The Labute approximate surface area is 71.5 Å². The summed E-state index contributed by atoms with van der Waals surface area (Å²) < 4.78 is 2.15. The lowest BCUT2D eigenvalue weighted by Gasteiger charge is -1.94. The molecular weight excluding hydrogens is 244 g/mol. The summed E-state index contributed by atoms with van der Waals surface area (Å²) in [6.07, 6.45) is 0. The Morgan fingerprint density at radius 2 is 2.11 bits per heavy atom. The van der Waals surface area contributed by atoms with E-state index in [0.29, 0.717) is 0 Å². The molecule has 0 fully saturated rings.